The van der Waals surface area contributed by atoms with E-state index < -0.39 is 0 Å². The molecule has 0 radical (unpaired) electrons. The van der Waals surface area contributed by atoms with Crippen LogP contribution in [0.3, 0.4) is 0 Å². The molecular weight excluding hydrogens is 322 g/mol. The predicted octanol–water partition coefficient (Wildman–Crippen LogP) is 2.67. The molecule has 2 aromatic heterocycles. The number of nitrogens with zero attached hydrogens (tertiary/aromatic N) is 4. The van der Waals surface area contributed by atoms with Crippen LogP contribution < -0.4 is 5.32 Å². The van der Waals surface area contributed by atoms with Crippen molar-refractivity contribution in [2.24, 2.45) is 13.0 Å². The lowest BCUT2D eigenvalue weighted by atomic mass is 9.89. The lowest BCUT2D eigenvalue weighted by Gasteiger charge is -2.21. The van der Waals surface area contributed by atoms with Crippen LogP contribution in [0.2, 0.25) is 0 Å². The molecule has 24 heavy (non-hydrogen) atoms. The lowest BCUT2D eigenvalue weighted by molar-refractivity contribution is -0.118. The number of amides is 1. The Hall–Kier alpha value is -1.89. The van der Waals surface area contributed by atoms with Gasteiger partial charge in [-0.1, -0.05) is 31.0 Å². The summed E-state index contributed by atoms with van der Waals surface area (Å²) in [7, 11) is 1.91. The van der Waals surface area contributed by atoms with Crippen LogP contribution in [0.4, 0.5) is 0 Å². The highest BCUT2D eigenvalue weighted by Gasteiger charge is 2.16. The molecule has 0 unspecified atom stereocenters. The van der Waals surface area contributed by atoms with Crippen molar-refractivity contribution in [3.8, 4) is 11.4 Å². The van der Waals surface area contributed by atoms with E-state index in [0.29, 0.717) is 11.7 Å². The van der Waals surface area contributed by atoms with Crippen molar-refractivity contribution in [2.75, 3.05) is 12.3 Å². The number of hydrogen-bond acceptors (Lipinski definition) is 5. The van der Waals surface area contributed by atoms with Crippen molar-refractivity contribution in [1.29, 1.82) is 0 Å². The van der Waals surface area contributed by atoms with Crippen molar-refractivity contribution in [2.45, 2.75) is 37.3 Å². The molecule has 1 N–H and O–H groups in total. The average Bonchev–Trinajstić information content (AvgIpc) is 3.00. The molecule has 6 nitrogen and oxygen atoms in total. The van der Waals surface area contributed by atoms with Gasteiger partial charge in [-0.15, -0.1) is 10.2 Å². The minimum absolute atomic E-state index is 0.0662. The highest BCUT2D eigenvalue weighted by Crippen LogP contribution is 2.23. The number of carbonyl (C=O) groups excluding carboxylic acids is 1. The fourth-order valence-corrected chi connectivity index (χ4v) is 3.76. The molecule has 2 aromatic rings. The first-order valence-electron chi connectivity index (χ1n) is 8.43. The number of nitrogens with one attached hydrogen (secondary N) is 1. The van der Waals surface area contributed by atoms with E-state index in [1.165, 1.54) is 43.9 Å². The summed E-state index contributed by atoms with van der Waals surface area (Å²) in [6, 6.07) is 3.82. The fraction of sp³-hybridized carbons (Fsp3) is 0.529. The molecule has 0 spiro atoms. The molecule has 0 aliphatic heterocycles. The van der Waals surface area contributed by atoms with Crippen LogP contribution in [0.25, 0.3) is 11.4 Å². The van der Waals surface area contributed by atoms with Crippen LogP contribution in [-0.2, 0) is 11.8 Å². The predicted molar refractivity (Wildman–Crippen MR) is 94.5 cm³/mol. The zero-order valence-corrected chi connectivity index (χ0v) is 14.8. The van der Waals surface area contributed by atoms with E-state index in [4.69, 9.17) is 0 Å². The number of aromatic nitrogens is 4. The summed E-state index contributed by atoms with van der Waals surface area (Å²) in [4.78, 5) is 16.2. The standard InChI is InChI=1S/C17H23N5OS/c1-22-16(14-8-5-9-18-11-14)20-21-17(22)24-12-15(23)19-10-13-6-3-2-4-7-13/h5,8-9,11,13H,2-4,6-7,10,12H2,1H3,(H,19,23). The minimum Gasteiger partial charge on any atom is -0.355 e. The Morgan fingerprint density at radius 1 is 1.33 bits per heavy atom. The summed E-state index contributed by atoms with van der Waals surface area (Å²) in [5.74, 6) is 1.84. The van der Waals surface area contributed by atoms with Crippen molar-refractivity contribution in [1.82, 2.24) is 25.1 Å². The highest BCUT2D eigenvalue weighted by molar-refractivity contribution is 7.99. The van der Waals surface area contributed by atoms with Crippen LogP contribution in [0, 0.1) is 5.92 Å². The van der Waals surface area contributed by atoms with Crippen molar-refractivity contribution in [3.05, 3.63) is 24.5 Å². The smallest absolute Gasteiger partial charge is 0.230 e. The first-order valence-corrected chi connectivity index (χ1v) is 9.42. The van der Waals surface area contributed by atoms with E-state index in [2.05, 4.69) is 20.5 Å². The average molecular weight is 345 g/mol. The summed E-state index contributed by atoms with van der Waals surface area (Å²) in [5, 5.41) is 12.2. The van der Waals surface area contributed by atoms with Gasteiger partial charge in [-0.3, -0.25) is 9.78 Å². The molecule has 1 aliphatic carbocycles. The maximum atomic E-state index is 12.0. The normalized spacial score (nSPS) is 15.4. The van der Waals surface area contributed by atoms with Crippen LogP contribution >= 0.6 is 11.8 Å². The molecule has 0 aromatic carbocycles. The Balaban J connectivity index is 1.49. The molecular formula is C17H23N5OS. The van der Waals surface area contributed by atoms with E-state index in [1.807, 2.05) is 23.7 Å². The minimum atomic E-state index is 0.0662. The van der Waals surface area contributed by atoms with Gasteiger partial charge in [0.05, 0.1) is 5.75 Å². The Labute approximate surface area is 146 Å². The van der Waals surface area contributed by atoms with Gasteiger partial charge in [-0.2, -0.15) is 0 Å². The molecule has 1 aliphatic rings. The number of pyridine rings is 1. The van der Waals surface area contributed by atoms with Crippen LogP contribution in [0.5, 0.6) is 0 Å². The fourth-order valence-electron chi connectivity index (χ4n) is 3.02. The third-order valence-corrected chi connectivity index (χ3v) is 5.42. The summed E-state index contributed by atoms with van der Waals surface area (Å²) in [5.41, 5.74) is 0.918. The zero-order valence-electron chi connectivity index (χ0n) is 13.9. The highest BCUT2D eigenvalue weighted by atomic mass is 32.2. The summed E-state index contributed by atoms with van der Waals surface area (Å²) >= 11 is 1.41. The van der Waals surface area contributed by atoms with E-state index in [0.717, 1.165) is 23.1 Å². The van der Waals surface area contributed by atoms with Crippen molar-refractivity contribution in [3.63, 3.8) is 0 Å². The van der Waals surface area contributed by atoms with E-state index in [-0.39, 0.29) is 5.91 Å². The van der Waals surface area contributed by atoms with Gasteiger partial charge in [-0.25, -0.2) is 0 Å². The Morgan fingerprint density at radius 3 is 2.92 bits per heavy atom. The van der Waals surface area contributed by atoms with Gasteiger partial charge in [0.2, 0.25) is 5.91 Å². The summed E-state index contributed by atoms with van der Waals surface area (Å²) in [6.07, 6.45) is 9.90. The Bertz CT molecular complexity index is 667. The Kier molecular flexibility index (Phi) is 5.85. The monoisotopic (exact) mass is 345 g/mol. The SMILES string of the molecule is Cn1c(SCC(=O)NCC2CCCCC2)nnc1-c1cccnc1. The maximum Gasteiger partial charge on any atom is 0.230 e. The third kappa shape index (κ3) is 4.35. The molecule has 1 fully saturated rings. The number of hydrogen-bond donors (Lipinski definition) is 1. The first kappa shape index (κ1) is 17.0. The second-order valence-corrected chi connectivity index (χ2v) is 7.15. The molecule has 0 saturated heterocycles. The molecule has 0 atom stereocenters. The first-order chi connectivity index (χ1) is 11.7. The van der Waals surface area contributed by atoms with Gasteiger partial charge in [-0.05, 0) is 30.9 Å². The van der Waals surface area contributed by atoms with E-state index in [1.54, 1.807) is 12.4 Å². The van der Waals surface area contributed by atoms with Gasteiger partial charge in [0.15, 0.2) is 11.0 Å². The quantitative estimate of drug-likeness (QED) is 0.815. The maximum absolute atomic E-state index is 12.0. The topological polar surface area (TPSA) is 72.7 Å². The molecule has 1 amide bonds. The Morgan fingerprint density at radius 2 is 2.17 bits per heavy atom. The van der Waals surface area contributed by atoms with E-state index in [9.17, 15) is 4.79 Å². The van der Waals surface area contributed by atoms with Gasteiger partial charge < -0.3 is 9.88 Å². The number of carbonyl (C=O) groups is 1. The second-order valence-electron chi connectivity index (χ2n) is 6.20. The van der Waals surface area contributed by atoms with Gasteiger partial charge >= 0.3 is 0 Å². The van der Waals surface area contributed by atoms with Crippen LogP contribution in [0.1, 0.15) is 32.1 Å². The van der Waals surface area contributed by atoms with Crippen LogP contribution in [-0.4, -0.2) is 38.0 Å². The molecule has 7 heteroatoms. The summed E-state index contributed by atoms with van der Waals surface area (Å²) in [6.45, 7) is 0.805. The molecule has 3 rings (SSSR count). The molecule has 0 bridgehead atoms. The van der Waals surface area contributed by atoms with Gasteiger partial charge in [0.1, 0.15) is 0 Å². The summed E-state index contributed by atoms with van der Waals surface area (Å²) < 4.78 is 1.90. The largest absolute Gasteiger partial charge is 0.355 e. The molecule has 2 heterocycles. The van der Waals surface area contributed by atoms with Gasteiger partial charge in [0, 0.05) is 31.5 Å². The zero-order chi connectivity index (χ0) is 16.8. The van der Waals surface area contributed by atoms with Crippen molar-refractivity contribution >= 4 is 17.7 Å². The molecule has 1 saturated carbocycles. The van der Waals surface area contributed by atoms with Crippen molar-refractivity contribution < 1.29 is 4.79 Å². The second kappa shape index (κ2) is 8.28. The number of thioether (sulfide) groups is 1. The number of rotatable bonds is 6. The third-order valence-electron chi connectivity index (χ3n) is 4.40. The van der Waals surface area contributed by atoms with Crippen LogP contribution in [0.15, 0.2) is 29.7 Å². The lowest BCUT2D eigenvalue weighted by Crippen LogP contribution is -2.31. The molecule has 128 valence electrons. The van der Waals surface area contributed by atoms with Gasteiger partial charge in [0.25, 0.3) is 0 Å². The van der Waals surface area contributed by atoms with E-state index >= 15 is 0 Å².